The molecule has 9 nitrogen and oxygen atoms in total. The molecule has 32 heavy (non-hydrogen) atoms. The molecule has 0 unspecified atom stereocenters. The Morgan fingerprint density at radius 3 is 2.31 bits per heavy atom. The van der Waals surface area contributed by atoms with Gasteiger partial charge in [-0.2, -0.15) is 0 Å². The molecule has 1 saturated heterocycles. The fourth-order valence-corrected chi connectivity index (χ4v) is 4.46. The fraction of sp³-hybridized carbons (Fsp3) is 0.682. The zero-order valence-electron chi connectivity index (χ0n) is 18.9. The molecule has 0 radical (unpaired) electrons. The van der Waals surface area contributed by atoms with Gasteiger partial charge in [0, 0.05) is 31.5 Å². The van der Waals surface area contributed by atoms with Crippen LogP contribution in [0.1, 0.15) is 69.8 Å². The summed E-state index contributed by atoms with van der Waals surface area (Å²) in [6, 6.07) is -0.685. The molecule has 1 aliphatic heterocycles. The number of amides is 3. The maximum atomic E-state index is 13.2. The summed E-state index contributed by atoms with van der Waals surface area (Å²) < 4.78 is 5.40. The monoisotopic (exact) mass is 465 g/mol. The first-order chi connectivity index (χ1) is 15.1. The molecule has 0 bridgehead atoms. The van der Waals surface area contributed by atoms with Crippen LogP contribution in [0.2, 0.25) is 5.15 Å². The molecule has 2 aliphatic rings. The molecule has 1 aromatic heterocycles. The van der Waals surface area contributed by atoms with Crippen molar-refractivity contribution in [1.82, 2.24) is 25.5 Å². The van der Waals surface area contributed by atoms with E-state index in [1.165, 1.54) is 12.4 Å². The van der Waals surface area contributed by atoms with Crippen molar-refractivity contribution >= 4 is 29.5 Å². The quantitative estimate of drug-likeness (QED) is 0.691. The van der Waals surface area contributed by atoms with E-state index < -0.39 is 17.7 Å². The Bertz CT molecular complexity index is 830. The van der Waals surface area contributed by atoms with Crippen LogP contribution in [0.25, 0.3) is 0 Å². The van der Waals surface area contributed by atoms with Gasteiger partial charge in [-0.1, -0.05) is 11.6 Å². The first-order valence-electron chi connectivity index (χ1n) is 11.2. The third kappa shape index (κ3) is 6.54. The number of halogens is 1. The molecule has 0 aromatic carbocycles. The molecular formula is C22H32ClN5O4. The normalized spacial score (nSPS) is 22.2. The van der Waals surface area contributed by atoms with E-state index in [2.05, 4.69) is 20.6 Å². The van der Waals surface area contributed by atoms with Crippen LogP contribution in [0.3, 0.4) is 0 Å². The predicted molar refractivity (Wildman–Crippen MR) is 119 cm³/mol. The van der Waals surface area contributed by atoms with Crippen molar-refractivity contribution in [3.05, 3.63) is 23.2 Å². The zero-order valence-corrected chi connectivity index (χ0v) is 19.7. The fourth-order valence-electron chi connectivity index (χ4n) is 4.27. The van der Waals surface area contributed by atoms with Gasteiger partial charge in [-0.15, -0.1) is 0 Å². The smallest absolute Gasteiger partial charge is 0.408 e. The Hall–Kier alpha value is -2.42. The minimum Gasteiger partial charge on any atom is -0.444 e. The highest BCUT2D eigenvalue weighted by atomic mass is 35.5. The molecule has 1 saturated carbocycles. The molecule has 2 N–H and O–H groups in total. The Balaban J connectivity index is 1.61. The standard InChI is InChI=1S/C22H32ClN5O4/c1-22(2,3)32-21(31)27-16(20(30)28-12-4-5-13-28)14-6-8-15(9-7-14)26-19(29)17-18(23)25-11-10-24-17/h10-11,14-16H,4-9,12-13H2,1-3H3,(H,26,29)(H,27,31)/t14-,15-,16-/m0/s1. The van der Waals surface area contributed by atoms with Crippen LogP contribution in [0, 0.1) is 5.92 Å². The molecule has 1 atom stereocenters. The number of nitrogens with zero attached hydrogens (tertiary/aromatic N) is 3. The Kier molecular flexibility index (Phi) is 7.92. The highest BCUT2D eigenvalue weighted by Gasteiger charge is 2.37. The summed E-state index contributed by atoms with van der Waals surface area (Å²) in [5, 5.41) is 5.86. The molecule has 2 heterocycles. The van der Waals surface area contributed by atoms with Gasteiger partial charge in [0.2, 0.25) is 5.91 Å². The summed E-state index contributed by atoms with van der Waals surface area (Å²) >= 11 is 5.96. The Labute approximate surface area is 193 Å². The van der Waals surface area contributed by atoms with Crippen molar-refractivity contribution in [3.8, 4) is 0 Å². The van der Waals surface area contributed by atoms with Gasteiger partial charge in [0.05, 0.1) is 0 Å². The van der Waals surface area contributed by atoms with Crippen LogP contribution in [-0.2, 0) is 9.53 Å². The summed E-state index contributed by atoms with van der Waals surface area (Å²) in [6.07, 6.45) is 7.00. The lowest BCUT2D eigenvalue weighted by molar-refractivity contribution is -0.134. The molecule has 10 heteroatoms. The molecule has 176 valence electrons. The van der Waals surface area contributed by atoms with E-state index in [1.807, 2.05) is 4.90 Å². The van der Waals surface area contributed by atoms with Crippen molar-refractivity contribution in [3.63, 3.8) is 0 Å². The zero-order chi connectivity index (χ0) is 23.3. The Morgan fingerprint density at radius 1 is 1.09 bits per heavy atom. The SMILES string of the molecule is CC(C)(C)OC(=O)N[C@H](C(=O)N1CCCC1)[C@H]1CC[C@H](NC(=O)c2nccnc2Cl)CC1. The lowest BCUT2D eigenvalue weighted by atomic mass is 9.81. The van der Waals surface area contributed by atoms with Crippen LogP contribution in [0.15, 0.2) is 12.4 Å². The van der Waals surface area contributed by atoms with Gasteiger partial charge in [0.25, 0.3) is 5.91 Å². The minimum atomic E-state index is -0.644. The van der Waals surface area contributed by atoms with Crippen LogP contribution in [0.5, 0.6) is 0 Å². The van der Waals surface area contributed by atoms with Gasteiger partial charge in [-0.3, -0.25) is 9.59 Å². The summed E-state index contributed by atoms with van der Waals surface area (Å²) in [5.74, 6) is -0.431. The van der Waals surface area contributed by atoms with Crippen molar-refractivity contribution in [2.75, 3.05) is 13.1 Å². The average molecular weight is 466 g/mol. The van der Waals surface area contributed by atoms with E-state index in [9.17, 15) is 14.4 Å². The highest BCUT2D eigenvalue weighted by Crippen LogP contribution is 2.29. The molecule has 1 aliphatic carbocycles. The molecular weight excluding hydrogens is 434 g/mol. The van der Waals surface area contributed by atoms with Crippen molar-refractivity contribution in [2.24, 2.45) is 5.92 Å². The second kappa shape index (κ2) is 10.5. The highest BCUT2D eigenvalue weighted by molar-refractivity contribution is 6.32. The first-order valence-corrected chi connectivity index (χ1v) is 11.6. The van der Waals surface area contributed by atoms with E-state index in [0.717, 1.165) is 25.9 Å². The van der Waals surface area contributed by atoms with Crippen molar-refractivity contribution < 1.29 is 19.1 Å². The first kappa shape index (κ1) is 24.2. The number of rotatable bonds is 5. The molecule has 3 rings (SSSR count). The largest absolute Gasteiger partial charge is 0.444 e. The van der Waals surface area contributed by atoms with Gasteiger partial charge < -0.3 is 20.3 Å². The number of ether oxygens (including phenoxy) is 1. The maximum Gasteiger partial charge on any atom is 0.408 e. The van der Waals surface area contributed by atoms with Gasteiger partial charge in [0.1, 0.15) is 11.6 Å². The number of carbonyl (C=O) groups is 3. The maximum absolute atomic E-state index is 13.2. The summed E-state index contributed by atoms with van der Waals surface area (Å²) in [7, 11) is 0. The number of aromatic nitrogens is 2. The van der Waals surface area contributed by atoms with Gasteiger partial charge in [0.15, 0.2) is 10.8 Å². The predicted octanol–water partition coefficient (Wildman–Crippen LogP) is 2.93. The van der Waals surface area contributed by atoms with Gasteiger partial charge >= 0.3 is 6.09 Å². The van der Waals surface area contributed by atoms with Gasteiger partial charge in [-0.05, 0) is 65.2 Å². The number of hydrogen-bond acceptors (Lipinski definition) is 6. The lowest BCUT2D eigenvalue weighted by Crippen LogP contribution is -2.54. The molecule has 2 fully saturated rings. The van der Waals surface area contributed by atoms with E-state index in [1.54, 1.807) is 20.8 Å². The van der Waals surface area contributed by atoms with Crippen LogP contribution in [-0.4, -0.2) is 63.5 Å². The third-order valence-corrected chi connectivity index (χ3v) is 6.08. The number of alkyl carbamates (subject to hydrolysis) is 1. The van der Waals surface area contributed by atoms with E-state index in [4.69, 9.17) is 16.3 Å². The molecule has 0 spiro atoms. The minimum absolute atomic E-state index is 0.0242. The summed E-state index contributed by atoms with van der Waals surface area (Å²) in [6.45, 7) is 6.81. The van der Waals surface area contributed by atoms with Gasteiger partial charge in [-0.25, -0.2) is 14.8 Å². The average Bonchev–Trinajstić information content (AvgIpc) is 3.26. The van der Waals surface area contributed by atoms with Crippen LogP contribution in [0.4, 0.5) is 4.79 Å². The van der Waals surface area contributed by atoms with E-state index >= 15 is 0 Å². The third-order valence-electron chi connectivity index (χ3n) is 5.80. The second-order valence-electron chi connectivity index (χ2n) is 9.44. The topological polar surface area (TPSA) is 114 Å². The van der Waals surface area contributed by atoms with Crippen LogP contribution < -0.4 is 10.6 Å². The second-order valence-corrected chi connectivity index (χ2v) is 9.80. The summed E-state index contributed by atoms with van der Waals surface area (Å²) in [5.41, 5.74) is -0.542. The summed E-state index contributed by atoms with van der Waals surface area (Å²) in [4.78, 5) is 47.8. The number of hydrogen-bond donors (Lipinski definition) is 2. The van der Waals surface area contributed by atoms with Crippen molar-refractivity contribution in [1.29, 1.82) is 0 Å². The van der Waals surface area contributed by atoms with E-state index in [-0.39, 0.29) is 34.6 Å². The Morgan fingerprint density at radius 2 is 1.72 bits per heavy atom. The van der Waals surface area contributed by atoms with Crippen molar-refractivity contribution in [2.45, 2.75) is 77.0 Å². The number of likely N-dealkylation sites (tertiary alicyclic amines) is 1. The molecule has 3 amide bonds. The number of carbonyl (C=O) groups excluding carboxylic acids is 3. The van der Waals surface area contributed by atoms with Crippen LogP contribution >= 0.6 is 11.6 Å². The lowest BCUT2D eigenvalue weighted by Gasteiger charge is -2.35. The van der Waals surface area contributed by atoms with E-state index in [0.29, 0.717) is 25.7 Å². The number of nitrogens with one attached hydrogen (secondary N) is 2. The molecule has 1 aromatic rings.